The molecule has 0 saturated heterocycles. The summed E-state index contributed by atoms with van der Waals surface area (Å²) >= 11 is 0. The van der Waals surface area contributed by atoms with Crippen molar-refractivity contribution in [3.05, 3.63) is 42.5 Å². The highest BCUT2D eigenvalue weighted by molar-refractivity contribution is 7.89. The number of benzene rings is 2. The van der Waals surface area contributed by atoms with Crippen LogP contribution < -0.4 is 19.5 Å². The number of hydrogen-bond acceptors (Lipinski definition) is 6. The fourth-order valence-electron chi connectivity index (χ4n) is 4.05. The molecular formula is C24H32N2O6S. The third-order valence-electron chi connectivity index (χ3n) is 5.69. The minimum absolute atomic E-state index is 0.149. The van der Waals surface area contributed by atoms with Gasteiger partial charge in [0.1, 0.15) is 5.75 Å². The van der Waals surface area contributed by atoms with Gasteiger partial charge in [-0.2, -0.15) is 4.31 Å². The van der Waals surface area contributed by atoms with Crippen molar-refractivity contribution in [1.82, 2.24) is 4.31 Å². The van der Waals surface area contributed by atoms with Gasteiger partial charge in [-0.25, -0.2) is 8.42 Å². The number of nitrogens with zero attached hydrogens (tertiary/aromatic N) is 1. The first kappa shape index (κ1) is 24.9. The molecule has 1 N–H and O–H groups in total. The Morgan fingerprint density at radius 1 is 1.00 bits per heavy atom. The first-order chi connectivity index (χ1) is 15.9. The number of amides is 1. The van der Waals surface area contributed by atoms with Crippen molar-refractivity contribution in [1.29, 1.82) is 0 Å². The first-order valence-corrected chi connectivity index (χ1v) is 12.6. The lowest BCUT2D eigenvalue weighted by Gasteiger charge is -2.33. The zero-order valence-corrected chi connectivity index (χ0v) is 20.2. The summed E-state index contributed by atoms with van der Waals surface area (Å²) in [5, 5.41) is 2.79. The Bertz CT molecular complexity index is 1030. The Morgan fingerprint density at radius 3 is 2.27 bits per heavy atom. The van der Waals surface area contributed by atoms with Crippen LogP contribution in [0.1, 0.15) is 39.0 Å². The molecule has 8 nitrogen and oxygen atoms in total. The predicted molar refractivity (Wildman–Crippen MR) is 127 cm³/mol. The number of carbonyl (C=O) groups is 1. The molecule has 0 bridgehead atoms. The Kier molecular flexibility index (Phi) is 8.57. The van der Waals surface area contributed by atoms with Crippen LogP contribution in [0.5, 0.6) is 17.2 Å². The summed E-state index contributed by atoms with van der Waals surface area (Å²) in [5.41, 5.74) is 0.500. The van der Waals surface area contributed by atoms with Crippen LogP contribution in [-0.2, 0) is 14.8 Å². The van der Waals surface area contributed by atoms with Gasteiger partial charge in [0.15, 0.2) is 11.5 Å². The van der Waals surface area contributed by atoms with Crippen LogP contribution in [0.25, 0.3) is 0 Å². The van der Waals surface area contributed by atoms with E-state index in [2.05, 4.69) is 5.32 Å². The third-order valence-corrected chi connectivity index (χ3v) is 7.60. The minimum atomic E-state index is -3.87. The molecule has 33 heavy (non-hydrogen) atoms. The SMILES string of the molecule is CCOc1ccc(S(=O)(=O)N(CC(=O)Nc2ccc(OC)c(OC)c2)C2CCCCC2)cc1. The van der Waals surface area contributed by atoms with E-state index in [0.717, 1.165) is 32.1 Å². The van der Waals surface area contributed by atoms with Gasteiger partial charge in [-0.05, 0) is 56.2 Å². The third kappa shape index (κ3) is 6.17. The van der Waals surface area contributed by atoms with Crippen LogP contribution in [0.2, 0.25) is 0 Å². The summed E-state index contributed by atoms with van der Waals surface area (Å²) in [6, 6.07) is 11.1. The molecule has 0 heterocycles. The van der Waals surface area contributed by atoms with Crippen LogP contribution in [0, 0.1) is 0 Å². The maximum absolute atomic E-state index is 13.5. The van der Waals surface area contributed by atoms with Crippen LogP contribution in [0.3, 0.4) is 0 Å². The first-order valence-electron chi connectivity index (χ1n) is 11.2. The highest BCUT2D eigenvalue weighted by Crippen LogP contribution is 2.31. The van der Waals surface area contributed by atoms with E-state index >= 15 is 0 Å². The van der Waals surface area contributed by atoms with Gasteiger partial charge in [0.25, 0.3) is 0 Å². The number of anilines is 1. The van der Waals surface area contributed by atoms with Gasteiger partial charge in [-0.1, -0.05) is 19.3 Å². The second-order valence-electron chi connectivity index (χ2n) is 7.86. The van der Waals surface area contributed by atoms with Gasteiger partial charge in [-0.3, -0.25) is 4.79 Å². The molecule has 0 spiro atoms. The summed E-state index contributed by atoms with van der Waals surface area (Å²) < 4.78 is 44.4. The fourth-order valence-corrected chi connectivity index (χ4v) is 5.69. The number of hydrogen-bond donors (Lipinski definition) is 1. The van der Waals surface area contributed by atoms with Crippen LogP contribution in [0.15, 0.2) is 47.4 Å². The van der Waals surface area contributed by atoms with Crippen molar-refractivity contribution in [3.63, 3.8) is 0 Å². The Labute approximate surface area is 195 Å². The van der Waals surface area contributed by atoms with Gasteiger partial charge >= 0.3 is 0 Å². The molecule has 2 aromatic carbocycles. The normalized spacial score (nSPS) is 14.7. The molecule has 0 aromatic heterocycles. The topological polar surface area (TPSA) is 94.2 Å². The highest BCUT2D eigenvalue weighted by atomic mass is 32.2. The number of carbonyl (C=O) groups excluding carboxylic acids is 1. The average molecular weight is 477 g/mol. The number of nitrogens with one attached hydrogen (secondary N) is 1. The molecule has 1 fully saturated rings. The zero-order chi connectivity index (χ0) is 23.8. The predicted octanol–water partition coefficient (Wildman–Crippen LogP) is 4.06. The maximum atomic E-state index is 13.5. The van der Waals surface area contributed by atoms with Crippen LogP contribution in [0.4, 0.5) is 5.69 Å². The molecule has 1 saturated carbocycles. The Morgan fingerprint density at radius 2 is 1.67 bits per heavy atom. The molecule has 9 heteroatoms. The summed E-state index contributed by atoms with van der Waals surface area (Å²) in [7, 11) is -0.828. The van der Waals surface area contributed by atoms with Crippen molar-refractivity contribution in [2.45, 2.75) is 50.0 Å². The van der Waals surface area contributed by atoms with E-state index in [0.29, 0.717) is 29.5 Å². The Hall–Kier alpha value is -2.78. The minimum Gasteiger partial charge on any atom is -0.494 e. The van der Waals surface area contributed by atoms with Crippen LogP contribution in [-0.4, -0.2) is 52.0 Å². The van der Waals surface area contributed by atoms with E-state index in [-0.39, 0.29) is 17.5 Å². The summed E-state index contributed by atoms with van der Waals surface area (Å²) in [6.45, 7) is 2.09. The molecule has 0 unspecified atom stereocenters. The van der Waals surface area contributed by atoms with E-state index in [1.54, 1.807) is 30.3 Å². The van der Waals surface area contributed by atoms with Gasteiger partial charge in [0.05, 0.1) is 32.3 Å². The molecule has 0 aliphatic heterocycles. The van der Waals surface area contributed by atoms with E-state index in [4.69, 9.17) is 14.2 Å². The average Bonchev–Trinajstić information content (AvgIpc) is 2.83. The van der Waals surface area contributed by atoms with E-state index in [1.165, 1.54) is 30.7 Å². The Balaban J connectivity index is 1.82. The number of ether oxygens (including phenoxy) is 3. The van der Waals surface area contributed by atoms with Crippen molar-refractivity contribution >= 4 is 21.6 Å². The lowest BCUT2D eigenvalue weighted by atomic mass is 9.95. The molecule has 0 atom stereocenters. The van der Waals surface area contributed by atoms with Gasteiger partial charge < -0.3 is 19.5 Å². The van der Waals surface area contributed by atoms with E-state index < -0.39 is 15.9 Å². The number of methoxy groups -OCH3 is 2. The summed E-state index contributed by atoms with van der Waals surface area (Å²) in [6.07, 6.45) is 4.43. The molecule has 0 radical (unpaired) electrons. The second kappa shape index (κ2) is 11.4. The highest BCUT2D eigenvalue weighted by Gasteiger charge is 2.34. The molecule has 1 aliphatic rings. The second-order valence-corrected chi connectivity index (χ2v) is 9.76. The van der Waals surface area contributed by atoms with E-state index in [9.17, 15) is 13.2 Å². The number of sulfonamides is 1. The van der Waals surface area contributed by atoms with Gasteiger partial charge in [-0.15, -0.1) is 0 Å². The molecular weight excluding hydrogens is 444 g/mol. The van der Waals surface area contributed by atoms with Gasteiger partial charge in [0, 0.05) is 17.8 Å². The molecule has 3 rings (SSSR count). The molecule has 1 aliphatic carbocycles. The maximum Gasteiger partial charge on any atom is 0.243 e. The summed E-state index contributed by atoms with van der Waals surface area (Å²) in [4.78, 5) is 13.1. The fraction of sp³-hybridized carbons (Fsp3) is 0.458. The van der Waals surface area contributed by atoms with Gasteiger partial charge in [0.2, 0.25) is 15.9 Å². The summed E-state index contributed by atoms with van der Waals surface area (Å²) in [5.74, 6) is 1.20. The quantitative estimate of drug-likeness (QED) is 0.556. The van der Waals surface area contributed by atoms with Crippen molar-refractivity contribution in [3.8, 4) is 17.2 Å². The lowest BCUT2D eigenvalue weighted by molar-refractivity contribution is -0.116. The van der Waals surface area contributed by atoms with E-state index in [1.807, 2.05) is 6.92 Å². The largest absolute Gasteiger partial charge is 0.494 e. The van der Waals surface area contributed by atoms with Crippen LogP contribution >= 0.6 is 0 Å². The molecule has 1 amide bonds. The molecule has 2 aromatic rings. The molecule has 180 valence electrons. The van der Waals surface area contributed by atoms with Crippen molar-refractivity contribution < 1.29 is 27.4 Å². The lowest BCUT2D eigenvalue weighted by Crippen LogP contribution is -2.45. The monoisotopic (exact) mass is 476 g/mol. The van der Waals surface area contributed by atoms with Crippen molar-refractivity contribution in [2.24, 2.45) is 0 Å². The number of rotatable bonds is 10. The van der Waals surface area contributed by atoms with Crippen molar-refractivity contribution in [2.75, 3.05) is 32.7 Å². The standard InChI is InChI=1S/C24H32N2O6S/c1-4-32-20-11-13-21(14-12-20)33(28,29)26(19-8-6-5-7-9-19)17-24(27)25-18-10-15-22(30-2)23(16-18)31-3/h10-16,19H,4-9,17H2,1-3H3,(H,25,27). The zero-order valence-electron chi connectivity index (χ0n) is 19.4. The smallest absolute Gasteiger partial charge is 0.243 e.